The number of hydrogen-bond acceptors (Lipinski definition) is 2. The van der Waals surface area contributed by atoms with E-state index in [1.54, 1.807) is 24.3 Å². The van der Waals surface area contributed by atoms with Crippen molar-refractivity contribution < 1.29 is 4.79 Å². The fraction of sp³-hybridized carbons (Fsp3) is 0.333. The minimum Gasteiger partial charge on any atom is -0.336 e. The van der Waals surface area contributed by atoms with E-state index in [4.69, 9.17) is 5.26 Å². The largest absolute Gasteiger partial charge is 0.336 e. The van der Waals surface area contributed by atoms with Crippen molar-refractivity contribution in [1.29, 1.82) is 5.26 Å². The summed E-state index contributed by atoms with van der Waals surface area (Å²) >= 11 is 0. The fourth-order valence-electron chi connectivity index (χ4n) is 1.29. The van der Waals surface area contributed by atoms with Gasteiger partial charge in [0.1, 0.15) is 6.04 Å². The average molecular weight is 202 g/mol. The van der Waals surface area contributed by atoms with Crippen LogP contribution in [-0.2, 0) is 0 Å². The van der Waals surface area contributed by atoms with Gasteiger partial charge in [-0.15, -0.1) is 0 Å². The highest BCUT2D eigenvalue weighted by Crippen LogP contribution is 2.01. The third-order valence-electron chi connectivity index (χ3n) is 2.07. The highest BCUT2D eigenvalue weighted by atomic mass is 16.1. The van der Waals surface area contributed by atoms with Crippen LogP contribution in [0.25, 0.3) is 0 Å². The van der Waals surface area contributed by atoms with E-state index in [2.05, 4.69) is 11.4 Å². The van der Waals surface area contributed by atoms with Crippen LogP contribution < -0.4 is 5.32 Å². The summed E-state index contributed by atoms with van der Waals surface area (Å²) < 4.78 is 0. The lowest BCUT2D eigenvalue weighted by atomic mass is 10.1. The minimum absolute atomic E-state index is 0.185. The molecule has 1 atom stereocenters. The predicted molar refractivity (Wildman–Crippen MR) is 58.2 cm³/mol. The number of rotatable bonds is 4. The third-order valence-corrected chi connectivity index (χ3v) is 2.07. The number of carbonyl (C=O) groups excluding carboxylic acids is 1. The monoisotopic (exact) mass is 202 g/mol. The third kappa shape index (κ3) is 3.43. The molecule has 0 radical (unpaired) electrons. The number of amides is 1. The summed E-state index contributed by atoms with van der Waals surface area (Å²) in [6.07, 6.45) is 1.57. The molecule has 0 saturated heterocycles. The molecule has 0 bridgehead atoms. The number of nitrogens with one attached hydrogen (secondary N) is 1. The molecule has 0 unspecified atom stereocenters. The summed E-state index contributed by atoms with van der Waals surface area (Å²) in [6.45, 7) is 1.99. The molecule has 0 fully saturated rings. The molecule has 0 heterocycles. The molecule has 0 spiro atoms. The molecule has 1 aromatic rings. The van der Waals surface area contributed by atoms with Crippen molar-refractivity contribution in [2.45, 2.75) is 25.8 Å². The molecule has 1 rings (SSSR count). The number of nitriles is 1. The summed E-state index contributed by atoms with van der Waals surface area (Å²) in [5.41, 5.74) is 0.592. The summed E-state index contributed by atoms with van der Waals surface area (Å²) in [5, 5.41) is 11.5. The Morgan fingerprint density at radius 3 is 2.67 bits per heavy atom. The first-order chi connectivity index (χ1) is 7.27. The topological polar surface area (TPSA) is 52.9 Å². The lowest BCUT2D eigenvalue weighted by Crippen LogP contribution is -2.33. The molecule has 0 aromatic heterocycles. The number of benzene rings is 1. The van der Waals surface area contributed by atoms with Gasteiger partial charge in [-0.1, -0.05) is 31.5 Å². The molecule has 15 heavy (non-hydrogen) atoms. The van der Waals surface area contributed by atoms with Crippen LogP contribution >= 0.6 is 0 Å². The Morgan fingerprint density at radius 2 is 2.13 bits per heavy atom. The van der Waals surface area contributed by atoms with Crippen LogP contribution in [0.15, 0.2) is 30.3 Å². The van der Waals surface area contributed by atoms with Crippen LogP contribution in [0.3, 0.4) is 0 Å². The van der Waals surface area contributed by atoms with Crippen LogP contribution in [0.5, 0.6) is 0 Å². The van der Waals surface area contributed by atoms with Gasteiger partial charge in [-0.25, -0.2) is 0 Å². The lowest BCUT2D eigenvalue weighted by Gasteiger charge is -2.09. The normalized spacial score (nSPS) is 11.5. The molecule has 78 valence electrons. The van der Waals surface area contributed by atoms with Crippen LogP contribution in [0.2, 0.25) is 0 Å². The van der Waals surface area contributed by atoms with Gasteiger partial charge in [0.25, 0.3) is 5.91 Å². The molecule has 0 saturated carbocycles. The number of carbonyl (C=O) groups is 1. The molecular formula is C12H14N2O. The van der Waals surface area contributed by atoms with Crippen molar-refractivity contribution in [1.82, 2.24) is 5.32 Å². The Hall–Kier alpha value is -1.82. The maximum Gasteiger partial charge on any atom is 0.252 e. The second kappa shape index (κ2) is 5.82. The van der Waals surface area contributed by atoms with Gasteiger partial charge >= 0.3 is 0 Å². The maximum atomic E-state index is 11.6. The van der Waals surface area contributed by atoms with E-state index in [9.17, 15) is 4.79 Å². The second-order valence-electron chi connectivity index (χ2n) is 3.31. The fourth-order valence-corrected chi connectivity index (χ4v) is 1.29. The molecule has 1 aromatic carbocycles. The Bertz CT molecular complexity index is 354. The van der Waals surface area contributed by atoms with E-state index in [1.807, 2.05) is 13.0 Å². The predicted octanol–water partition coefficient (Wildman–Crippen LogP) is 2.11. The van der Waals surface area contributed by atoms with Crippen molar-refractivity contribution >= 4 is 5.91 Å². The summed E-state index contributed by atoms with van der Waals surface area (Å²) in [6, 6.07) is 10.6. The minimum atomic E-state index is -0.386. The first-order valence-corrected chi connectivity index (χ1v) is 5.03. The van der Waals surface area contributed by atoms with Gasteiger partial charge < -0.3 is 5.32 Å². The number of nitrogens with zero attached hydrogens (tertiary/aromatic N) is 1. The van der Waals surface area contributed by atoms with Crippen molar-refractivity contribution in [2.24, 2.45) is 0 Å². The molecular weight excluding hydrogens is 188 g/mol. The quantitative estimate of drug-likeness (QED) is 0.813. The van der Waals surface area contributed by atoms with Crippen molar-refractivity contribution in [2.75, 3.05) is 0 Å². The van der Waals surface area contributed by atoms with Crippen molar-refractivity contribution in [3.63, 3.8) is 0 Å². The maximum absolute atomic E-state index is 11.6. The Kier molecular flexibility index (Phi) is 4.36. The van der Waals surface area contributed by atoms with Gasteiger partial charge in [-0.05, 0) is 18.6 Å². The Labute approximate surface area is 89.7 Å². The zero-order valence-corrected chi connectivity index (χ0v) is 8.73. The zero-order valence-electron chi connectivity index (χ0n) is 8.73. The zero-order chi connectivity index (χ0) is 11.1. The SMILES string of the molecule is CCC[C@H](C#N)NC(=O)c1ccccc1. The standard InChI is InChI=1S/C12H14N2O/c1-2-6-11(9-13)14-12(15)10-7-4-3-5-8-10/h3-5,7-8,11H,2,6H2,1H3,(H,14,15)/t11-/m1/s1. The molecule has 1 amide bonds. The summed E-state index contributed by atoms with van der Waals surface area (Å²) in [4.78, 5) is 11.6. The van der Waals surface area contributed by atoms with Gasteiger partial charge in [0.2, 0.25) is 0 Å². The van der Waals surface area contributed by atoms with Gasteiger partial charge in [0.05, 0.1) is 6.07 Å². The van der Waals surface area contributed by atoms with Gasteiger partial charge in [0, 0.05) is 5.56 Å². The van der Waals surface area contributed by atoms with Crippen molar-refractivity contribution in [3.8, 4) is 6.07 Å². The van der Waals surface area contributed by atoms with E-state index in [-0.39, 0.29) is 11.9 Å². The summed E-state index contributed by atoms with van der Waals surface area (Å²) in [7, 11) is 0. The van der Waals surface area contributed by atoms with Gasteiger partial charge in [0.15, 0.2) is 0 Å². The van der Waals surface area contributed by atoms with E-state index in [0.29, 0.717) is 12.0 Å². The molecule has 1 N–H and O–H groups in total. The smallest absolute Gasteiger partial charge is 0.252 e. The summed E-state index contributed by atoms with van der Waals surface area (Å²) in [5.74, 6) is -0.185. The highest BCUT2D eigenvalue weighted by molar-refractivity contribution is 5.94. The first-order valence-electron chi connectivity index (χ1n) is 5.03. The molecule has 3 heteroatoms. The van der Waals surface area contributed by atoms with E-state index in [1.165, 1.54) is 0 Å². The van der Waals surface area contributed by atoms with E-state index in [0.717, 1.165) is 6.42 Å². The van der Waals surface area contributed by atoms with Crippen LogP contribution in [0.1, 0.15) is 30.1 Å². The highest BCUT2D eigenvalue weighted by Gasteiger charge is 2.11. The van der Waals surface area contributed by atoms with Crippen LogP contribution in [-0.4, -0.2) is 11.9 Å². The average Bonchev–Trinajstić information content (AvgIpc) is 2.29. The second-order valence-corrected chi connectivity index (χ2v) is 3.31. The van der Waals surface area contributed by atoms with Gasteiger partial charge in [-0.3, -0.25) is 4.79 Å². The Balaban J connectivity index is 2.60. The van der Waals surface area contributed by atoms with Crippen LogP contribution in [0, 0.1) is 11.3 Å². The lowest BCUT2D eigenvalue weighted by molar-refractivity contribution is 0.0944. The van der Waals surface area contributed by atoms with E-state index >= 15 is 0 Å². The van der Waals surface area contributed by atoms with Crippen molar-refractivity contribution in [3.05, 3.63) is 35.9 Å². The van der Waals surface area contributed by atoms with E-state index < -0.39 is 0 Å². The molecule has 3 nitrogen and oxygen atoms in total. The first kappa shape index (κ1) is 11.3. The Morgan fingerprint density at radius 1 is 1.47 bits per heavy atom. The van der Waals surface area contributed by atoms with Gasteiger partial charge in [-0.2, -0.15) is 5.26 Å². The van der Waals surface area contributed by atoms with Crippen LogP contribution in [0.4, 0.5) is 0 Å². The molecule has 0 aliphatic carbocycles. The molecule has 0 aliphatic rings. The molecule has 0 aliphatic heterocycles. The number of hydrogen-bond donors (Lipinski definition) is 1.